The van der Waals surface area contributed by atoms with Gasteiger partial charge in [-0.15, -0.1) is 0 Å². The van der Waals surface area contributed by atoms with Gasteiger partial charge in [0, 0.05) is 13.4 Å². The average molecular weight is 329 g/mol. The highest BCUT2D eigenvalue weighted by Crippen LogP contribution is 2.32. The van der Waals surface area contributed by atoms with Crippen LogP contribution in [0, 0.1) is 6.92 Å². The van der Waals surface area contributed by atoms with Crippen LogP contribution in [0.15, 0.2) is 25.6 Å². The summed E-state index contributed by atoms with van der Waals surface area (Å²) in [6, 6.07) is 4.07. The predicted molar refractivity (Wildman–Crippen MR) is 54.3 cm³/mol. The number of aryl methyl sites for hydroxylation is 1. The molecule has 0 heterocycles. The quantitative estimate of drug-likeness (QED) is 0.623. The Morgan fingerprint density at radius 1 is 1.00 bits per heavy atom. The average Bonchev–Trinajstić information content (AvgIpc) is 1.93. The van der Waals surface area contributed by atoms with Gasteiger partial charge in [0.2, 0.25) is 0 Å². The van der Waals surface area contributed by atoms with Crippen LogP contribution in [0.1, 0.15) is 5.56 Å². The fourth-order valence-corrected chi connectivity index (χ4v) is 2.01. The molecule has 0 radical (unpaired) electrons. The van der Waals surface area contributed by atoms with E-state index in [4.69, 9.17) is 0 Å². The lowest BCUT2D eigenvalue weighted by Gasteiger charge is -2.01. The van der Waals surface area contributed by atoms with E-state index in [1.54, 1.807) is 0 Å². The van der Waals surface area contributed by atoms with Crippen molar-refractivity contribution in [1.82, 2.24) is 0 Å². The van der Waals surface area contributed by atoms with Gasteiger partial charge in [-0.2, -0.15) is 0 Å². The van der Waals surface area contributed by atoms with Crippen molar-refractivity contribution in [2.45, 2.75) is 6.92 Å². The summed E-state index contributed by atoms with van der Waals surface area (Å²) in [7, 11) is 0. The van der Waals surface area contributed by atoms with Crippen LogP contribution in [0.25, 0.3) is 0 Å². The molecule has 0 aliphatic rings. The Morgan fingerprint density at radius 3 is 2.10 bits per heavy atom. The first kappa shape index (κ1) is 8.75. The Labute approximate surface area is 85.4 Å². The molecule has 0 amide bonds. The van der Waals surface area contributed by atoms with Crippen molar-refractivity contribution in [2.24, 2.45) is 0 Å². The van der Waals surface area contributed by atoms with Crippen LogP contribution in [0.5, 0.6) is 0 Å². The van der Waals surface area contributed by atoms with E-state index in [-0.39, 0.29) is 0 Å². The lowest BCUT2D eigenvalue weighted by atomic mass is 10.2. The molecule has 0 saturated carbocycles. The largest absolute Gasteiger partial charge is 0.0570 e. The molecule has 54 valence electrons. The monoisotopic (exact) mass is 326 g/mol. The van der Waals surface area contributed by atoms with Crippen LogP contribution in [0.4, 0.5) is 0 Å². The summed E-state index contributed by atoms with van der Waals surface area (Å²) in [6.45, 7) is 2.06. The van der Waals surface area contributed by atoms with E-state index in [9.17, 15) is 0 Å². The van der Waals surface area contributed by atoms with Gasteiger partial charge in [-0.25, -0.2) is 0 Å². The maximum Gasteiger partial charge on any atom is 0.0462 e. The van der Waals surface area contributed by atoms with Gasteiger partial charge in [0.15, 0.2) is 0 Å². The van der Waals surface area contributed by atoms with Gasteiger partial charge >= 0.3 is 0 Å². The molecule has 0 unspecified atom stereocenters. The summed E-state index contributed by atoms with van der Waals surface area (Å²) in [5.41, 5.74) is 1.23. The molecule has 0 saturated heterocycles. The molecule has 1 rings (SSSR count). The first-order chi connectivity index (χ1) is 4.63. The number of hydrogen-bond acceptors (Lipinski definition) is 0. The van der Waals surface area contributed by atoms with E-state index in [1.165, 1.54) is 5.56 Å². The SMILES string of the molecule is Cc1ccc(Br)c(Br)c1Br. The van der Waals surface area contributed by atoms with E-state index in [0.29, 0.717) is 0 Å². The first-order valence-electron chi connectivity index (χ1n) is 2.73. The van der Waals surface area contributed by atoms with Gasteiger partial charge in [-0.3, -0.25) is 0 Å². The maximum atomic E-state index is 3.45. The van der Waals surface area contributed by atoms with Crippen LogP contribution < -0.4 is 0 Å². The minimum absolute atomic E-state index is 1.07. The zero-order valence-corrected chi connectivity index (χ0v) is 10.0. The molecule has 10 heavy (non-hydrogen) atoms. The van der Waals surface area contributed by atoms with E-state index in [2.05, 4.69) is 60.8 Å². The first-order valence-corrected chi connectivity index (χ1v) is 5.11. The van der Waals surface area contributed by atoms with Crippen molar-refractivity contribution in [3.63, 3.8) is 0 Å². The van der Waals surface area contributed by atoms with Crippen LogP contribution in [0.2, 0.25) is 0 Å². The second-order valence-electron chi connectivity index (χ2n) is 1.99. The lowest BCUT2D eigenvalue weighted by molar-refractivity contribution is 1.39. The number of halogens is 3. The molecule has 0 N–H and O–H groups in total. The molecular weight excluding hydrogens is 324 g/mol. The fourth-order valence-electron chi connectivity index (χ4n) is 0.622. The van der Waals surface area contributed by atoms with Crippen LogP contribution >= 0.6 is 47.8 Å². The minimum Gasteiger partial charge on any atom is -0.0570 e. The summed E-state index contributed by atoms with van der Waals surface area (Å²) >= 11 is 10.3. The van der Waals surface area contributed by atoms with Gasteiger partial charge in [-0.05, 0) is 66.3 Å². The van der Waals surface area contributed by atoms with Crippen molar-refractivity contribution >= 4 is 47.8 Å². The van der Waals surface area contributed by atoms with Crippen molar-refractivity contribution in [3.8, 4) is 0 Å². The summed E-state index contributed by atoms with van der Waals surface area (Å²) in [5, 5.41) is 0. The molecule has 1 aromatic carbocycles. The van der Waals surface area contributed by atoms with Crippen molar-refractivity contribution in [1.29, 1.82) is 0 Å². The molecule has 3 heteroatoms. The van der Waals surface area contributed by atoms with Crippen LogP contribution in [-0.4, -0.2) is 0 Å². The summed E-state index contributed by atoms with van der Waals surface area (Å²) in [5.74, 6) is 0. The van der Waals surface area contributed by atoms with E-state index in [0.717, 1.165) is 13.4 Å². The molecule has 0 aliphatic carbocycles. The molecule has 0 bridgehead atoms. The molecule has 0 fully saturated rings. The van der Waals surface area contributed by atoms with Gasteiger partial charge < -0.3 is 0 Å². The third-order valence-corrected chi connectivity index (χ3v) is 4.80. The molecule has 0 spiro atoms. The minimum atomic E-state index is 1.07. The smallest absolute Gasteiger partial charge is 0.0462 e. The fraction of sp³-hybridized carbons (Fsp3) is 0.143. The number of hydrogen-bond donors (Lipinski definition) is 0. The van der Waals surface area contributed by atoms with E-state index >= 15 is 0 Å². The molecular formula is C7H5Br3. The highest BCUT2D eigenvalue weighted by molar-refractivity contribution is 9.14. The van der Waals surface area contributed by atoms with E-state index < -0.39 is 0 Å². The summed E-state index contributed by atoms with van der Waals surface area (Å²) in [6.07, 6.45) is 0. The van der Waals surface area contributed by atoms with E-state index in [1.807, 2.05) is 6.07 Å². The van der Waals surface area contributed by atoms with Crippen LogP contribution in [-0.2, 0) is 0 Å². The zero-order valence-electron chi connectivity index (χ0n) is 5.29. The lowest BCUT2D eigenvalue weighted by Crippen LogP contribution is -1.77. The van der Waals surface area contributed by atoms with Crippen molar-refractivity contribution < 1.29 is 0 Å². The number of benzene rings is 1. The summed E-state index contributed by atoms with van der Waals surface area (Å²) in [4.78, 5) is 0. The molecule has 1 aromatic rings. The van der Waals surface area contributed by atoms with Gasteiger partial charge in [0.05, 0.1) is 0 Å². The normalized spacial score (nSPS) is 10.0. The maximum absolute atomic E-state index is 3.45. The van der Waals surface area contributed by atoms with Gasteiger partial charge in [-0.1, -0.05) is 6.07 Å². The van der Waals surface area contributed by atoms with Crippen molar-refractivity contribution in [3.05, 3.63) is 31.1 Å². The Balaban J connectivity index is 3.34. The highest BCUT2D eigenvalue weighted by Gasteiger charge is 2.02. The Bertz CT molecular complexity index is 228. The predicted octanol–water partition coefficient (Wildman–Crippen LogP) is 4.28. The topological polar surface area (TPSA) is 0 Å². The van der Waals surface area contributed by atoms with Crippen LogP contribution in [0.3, 0.4) is 0 Å². The second kappa shape index (κ2) is 3.37. The third-order valence-electron chi connectivity index (χ3n) is 1.23. The van der Waals surface area contributed by atoms with Crippen molar-refractivity contribution in [2.75, 3.05) is 0 Å². The second-order valence-corrected chi connectivity index (χ2v) is 4.43. The van der Waals surface area contributed by atoms with Gasteiger partial charge in [0.25, 0.3) is 0 Å². The number of rotatable bonds is 0. The molecule has 0 aromatic heterocycles. The molecule has 0 aliphatic heterocycles. The van der Waals surface area contributed by atoms with Gasteiger partial charge in [0.1, 0.15) is 0 Å². The third kappa shape index (κ3) is 1.63. The Hall–Kier alpha value is 0.660. The standard InChI is InChI=1S/C7H5Br3/c1-4-2-3-5(8)7(10)6(4)9/h2-3H,1H3. The Morgan fingerprint density at radius 2 is 1.60 bits per heavy atom. The zero-order chi connectivity index (χ0) is 7.72. The summed E-state index contributed by atoms with van der Waals surface area (Å²) < 4.78 is 3.26. The molecule has 0 nitrogen and oxygen atoms in total. The highest BCUT2D eigenvalue weighted by atomic mass is 79.9. The molecule has 0 atom stereocenters. The Kier molecular flexibility index (Phi) is 2.95.